The predicted molar refractivity (Wildman–Crippen MR) is 498 cm³/mol. The molecule has 15 aromatic heterocycles. The molecule has 610 valence electrons. The molecule has 0 atom stereocenters. The molecule has 0 aliphatic carbocycles. The summed E-state index contributed by atoms with van der Waals surface area (Å²) in [5.41, 5.74) is 29.4. The summed E-state index contributed by atoms with van der Waals surface area (Å²) in [4.78, 5) is 21.6. The van der Waals surface area contributed by atoms with Gasteiger partial charge in [-0.2, -0.15) is 22.8 Å². The summed E-state index contributed by atoms with van der Waals surface area (Å²) in [6.45, 7) is 10.2. The lowest BCUT2D eigenvalue weighted by Gasteiger charge is -2.07. The van der Waals surface area contributed by atoms with Crippen LogP contribution >= 0.6 is 22.7 Å². The number of nitrogens with zero attached hydrogens (tertiary/aromatic N) is 10. The van der Waals surface area contributed by atoms with Crippen molar-refractivity contribution in [2.24, 2.45) is 35.2 Å². The van der Waals surface area contributed by atoms with Crippen LogP contribution in [-0.4, -0.2) is 24.9 Å². The summed E-state index contributed by atoms with van der Waals surface area (Å²) in [5.74, 6) is 0.388. The summed E-state index contributed by atoms with van der Waals surface area (Å²) < 4.78 is 109. The lowest BCUT2D eigenvalue weighted by molar-refractivity contribution is -0.661. The van der Waals surface area contributed by atoms with Crippen molar-refractivity contribution in [3.05, 3.63) is 301 Å². The summed E-state index contributed by atoms with van der Waals surface area (Å²) >= 11 is 3.81. The molecule has 20 heteroatoms. The molecule has 0 saturated heterocycles. The van der Waals surface area contributed by atoms with Gasteiger partial charge >= 0.3 is 0 Å². The van der Waals surface area contributed by atoms with Crippen LogP contribution in [0.25, 0.3) is 218 Å². The standard InChI is InChI=1S/C23H21N2O2.2C21H17N2O2.C20H15N2O2.C20H15N2S2/c1-13(2)17-12-25(4)18(11-24-17)20-14(3)9-10-16-21(20)27-22-15-7-5-6-8-19(15)26-23(16)22;1-12-8-16-19(9-15(12)17-10-22-13(2)11-23(17)3)25-20-14-6-4-5-7-18(14)24-21(16)20;1-12-8-9-15-19(18(12)16-10-22-13(2)11-23(16)3)25-20-14-6-4-5-7-17(14)24-21(15)20;1-12-7-8-14-18(17(12)15-11-21-9-10-22(15)2)24-19-13-5-3-4-6-16(13)23-20(14)19;1-12-7-8-14-18-13-5-3-4-6-16(13)23-20(18)24-19(14)17(12)15-11-21-9-10-22(15)2/h5-13H,1-4H3;2*4-11H,1-3H3;2*3-11H,1-2H3/q5*+1/i;2*2D3;;. The third kappa shape index (κ3) is 13.1. The molecule has 0 bridgehead atoms. The maximum atomic E-state index is 7.57. The van der Waals surface area contributed by atoms with Gasteiger partial charge in [-0.05, 0) is 161 Å². The molecule has 0 aliphatic heterocycles. The van der Waals surface area contributed by atoms with Gasteiger partial charge in [0, 0.05) is 35.0 Å². The highest BCUT2D eigenvalue weighted by atomic mass is 32.2. The van der Waals surface area contributed by atoms with Crippen LogP contribution in [0.3, 0.4) is 0 Å². The Morgan fingerprint density at radius 3 is 1.14 bits per heavy atom. The molecule has 0 saturated carbocycles. The van der Waals surface area contributed by atoms with Crippen molar-refractivity contribution < 1.29 is 66.4 Å². The van der Waals surface area contributed by atoms with E-state index in [0.29, 0.717) is 22.7 Å². The Balaban J connectivity index is 0.0000000990. The molecule has 18 nitrogen and oxygen atoms in total. The normalized spacial score (nSPS) is 12.7. The highest BCUT2D eigenvalue weighted by Gasteiger charge is 2.30. The minimum atomic E-state index is -2.25. The van der Waals surface area contributed by atoms with Crippen LogP contribution in [-0.2, 0) is 35.2 Å². The molecule has 25 rings (SSSR count). The van der Waals surface area contributed by atoms with Gasteiger partial charge < -0.3 is 35.3 Å². The minimum Gasteiger partial charge on any atom is -0.452 e. The molecule has 0 unspecified atom stereocenters. The number of para-hydroxylation sites is 4. The fraction of sp³-hybridized carbons (Fsp3) is 0.143. The number of aromatic nitrogens is 10. The quantitative estimate of drug-likeness (QED) is 0.143. The van der Waals surface area contributed by atoms with Crippen molar-refractivity contribution >= 4 is 185 Å². The maximum absolute atomic E-state index is 7.57. The minimum absolute atomic E-state index is 0.0581. The number of thiophene rings is 2. The van der Waals surface area contributed by atoms with Gasteiger partial charge in [-0.15, -0.1) is 22.7 Å². The molecule has 0 N–H and O–H groups in total. The smallest absolute Gasteiger partial charge is 0.234 e. The van der Waals surface area contributed by atoms with E-state index in [1.165, 1.54) is 46.4 Å². The molecular formula is C105H85N10O8S2+5. The van der Waals surface area contributed by atoms with Crippen molar-refractivity contribution in [1.29, 1.82) is 0 Å². The van der Waals surface area contributed by atoms with Crippen LogP contribution in [0.4, 0.5) is 0 Å². The van der Waals surface area contributed by atoms with E-state index >= 15 is 0 Å². The zero-order chi connectivity index (χ0) is 90.5. The van der Waals surface area contributed by atoms with Gasteiger partial charge in [0.05, 0.1) is 123 Å². The summed E-state index contributed by atoms with van der Waals surface area (Å²) in [6.07, 6.45) is 21.7. The maximum Gasteiger partial charge on any atom is 0.234 e. The van der Waals surface area contributed by atoms with E-state index in [2.05, 4.69) is 154 Å². The molecule has 125 heavy (non-hydrogen) atoms. The van der Waals surface area contributed by atoms with Gasteiger partial charge in [0.15, 0.2) is 92.4 Å². The van der Waals surface area contributed by atoms with E-state index in [1.54, 1.807) is 40.1 Å². The summed E-state index contributed by atoms with van der Waals surface area (Å²) in [5, 5.41) is 11.8. The number of benzene rings is 10. The largest absolute Gasteiger partial charge is 0.452 e. The Morgan fingerprint density at radius 1 is 0.320 bits per heavy atom. The van der Waals surface area contributed by atoms with Crippen LogP contribution < -0.4 is 22.8 Å². The topological polar surface area (TPSA) is 189 Å². The first-order chi connectivity index (χ1) is 63.2. The molecule has 0 fully saturated rings. The first-order valence-corrected chi connectivity index (χ1v) is 42.7. The van der Waals surface area contributed by atoms with Crippen LogP contribution in [0, 0.1) is 48.3 Å². The summed E-state index contributed by atoms with van der Waals surface area (Å²) in [6, 6.07) is 61.1. The Hall–Kier alpha value is -14.9. The number of hydrogen-bond acceptors (Lipinski definition) is 15. The van der Waals surface area contributed by atoms with Gasteiger partial charge in [0.25, 0.3) is 0 Å². The fourth-order valence-corrected chi connectivity index (χ4v) is 20.1. The third-order valence-electron chi connectivity index (χ3n) is 23.7. The monoisotopic (exact) mass is 1680 g/mol. The molecule has 0 amide bonds. The molecule has 0 aliphatic rings. The number of aryl methyl sites for hydroxylation is 12. The van der Waals surface area contributed by atoms with Crippen LogP contribution in [0.2, 0.25) is 0 Å². The number of fused-ring (bicyclic) bond motifs is 25. The molecule has 15 heterocycles. The Bertz CT molecular complexity index is 8880. The van der Waals surface area contributed by atoms with E-state index in [0.717, 1.165) is 189 Å². The van der Waals surface area contributed by atoms with Gasteiger partial charge in [-0.25, -0.2) is 15.0 Å². The zero-order valence-corrected chi connectivity index (χ0v) is 72.0. The molecule has 0 radical (unpaired) electrons. The van der Waals surface area contributed by atoms with Crippen molar-refractivity contribution in [3.63, 3.8) is 0 Å². The van der Waals surface area contributed by atoms with E-state index < -0.39 is 13.7 Å². The molecule has 10 aromatic carbocycles. The van der Waals surface area contributed by atoms with Crippen molar-refractivity contribution in [1.82, 2.24) is 24.9 Å². The van der Waals surface area contributed by atoms with Crippen LogP contribution in [0.5, 0.6) is 0 Å². The average molecular weight is 1690 g/mol. The molecule has 25 aromatic rings. The van der Waals surface area contributed by atoms with Crippen LogP contribution in [0.15, 0.2) is 292 Å². The fourth-order valence-electron chi connectivity index (χ4n) is 17.4. The number of rotatable bonds is 6. The highest BCUT2D eigenvalue weighted by Crippen LogP contribution is 2.50. The predicted octanol–water partition coefficient (Wildman–Crippen LogP) is 25.3. The zero-order valence-electron chi connectivity index (χ0n) is 76.4. The van der Waals surface area contributed by atoms with E-state index in [4.69, 9.17) is 43.6 Å². The Kier molecular flexibility index (Phi) is 17.3. The van der Waals surface area contributed by atoms with Gasteiger partial charge in [0.2, 0.25) is 28.5 Å². The summed E-state index contributed by atoms with van der Waals surface area (Å²) in [7, 11) is 9.78. The Labute approximate surface area is 732 Å². The lowest BCUT2D eigenvalue weighted by atomic mass is 10.0. The van der Waals surface area contributed by atoms with Gasteiger partial charge in [-0.1, -0.05) is 111 Å². The van der Waals surface area contributed by atoms with E-state index in [-0.39, 0.29) is 11.4 Å². The van der Waals surface area contributed by atoms with E-state index in [1.807, 2.05) is 216 Å². The number of furan rings is 8. The Morgan fingerprint density at radius 2 is 0.696 bits per heavy atom. The molecule has 0 spiro atoms. The van der Waals surface area contributed by atoms with Gasteiger partial charge in [0.1, 0.15) is 80.2 Å². The first kappa shape index (κ1) is 70.8. The number of hydrogen-bond donors (Lipinski definition) is 0. The average Bonchev–Trinajstić information content (AvgIpc) is 1.60. The van der Waals surface area contributed by atoms with Crippen molar-refractivity contribution in [3.8, 4) is 56.3 Å². The second kappa shape index (κ2) is 30.6. The van der Waals surface area contributed by atoms with Crippen molar-refractivity contribution in [2.75, 3.05) is 0 Å². The second-order valence-electron chi connectivity index (χ2n) is 32.1. The SMILES string of the molecule is Cc1ccc2c(oc3c4ccccc4oc23)c1-c1cnc(C(C)C)c[n+]1C.Cc1ccc2c(oc3c4ccccc4oc23)c1-c1cncc[n+]1C.Cc1ccc2c(sc3sc4ccccc4c32)c1-c1cncc[n+]1C.[2H]C([2H])([2H])c1c[n+](C)c(-c2c(C)ccc3c2oc2c4ccccc4oc32)cn1.[2H]C([2H])([2H])c1c[n+](C)c(-c2cc3oc4c5ccccc5oc4c3cc2C)cn1. The van der Waals surface area contributed by atoms with Gasteiger partial charge in [-0.3, -0.25) is 9.97 Å². The van der Waals surface area contributed by atoms with Crippen LogP contribution in [0.1, 0.15) is 72.9 Å². The first-order valence-electron chi connectivity index (χ1n) is 44.1. The lowest BCUT2D eigenvalue weighted by Crippen LogP contribution is -2.32. The second-order valence-corrected chi connectivity index (χ2v) is 34.5. The highest BCUT2D eigenvalue weighted by molar-refractivity contribution is 7.44. The molecular weight excluding hydrogens is 1590 g/mol. The van der Waals surface area contributed by atoms with E-state index in [9.17, 15) is 0 Å². The van der Waals surface area contributed by atoms with Crippen molar-refractivity contribution in [2.45, 2.75) is 68.1 Å². The third-order valence-corrected chi connectivity index (χ3v) is 26.2.